The molecule has 0 aromatic heterocycles. The monoisotopic (exact) mass is 375 g/mol. The maximum atomic E-state index is 6.46. The van der Waals surface area contributed by atoms with Gasteiger partial charge in [-0.25, -0.2) is 0 Å². The highest BCUT2D eigenvalue weighted by molar-refractivity contribution is 9.11. The molecule has 2 N–H and O–H groups in total. The van der Waals surface area contributed by atoms with Crippen molar-refractivity contribution in [3.05, 3.63) is 32.2 Å². The van der Waals surface area contributed by atoms with Gasteiger partial charge in [-0.05, 0) is 43.0 Å². The zero-order valence-electron chi connectivity index (χ0n) is 10.7. The van der Waals surface area contributed by atoms with E-state index in [9.17, 15) is 0 Å². The molecule has 0 amide bonds. The van der Waals surface area contributed by atoms with E-state index in [2.05, 4.69) is 57.8 Å². The highest BCUT2D eigenvalue weighted by Crippen LogP contribution is 2.37. The molecule has 1 aromatic rings. The lowest BCUT2D eigenvalue weighted by molar-refractivity contribution is 0.0813. The van der Waals surface area contributed by atoms with Crippen LogP contribution in [0.15, 0.2) is 21.1 Å². The fourth-order valence-corrected chi connectivity index (χ4v) is 3.73. The molecule has 1 aliphatic rings. The molecule has 0 spiro atoms. The summed E-state index contributed by atoms with van der Waals surface area (Å²) in [6, 6.07) is 4.29. The molecule has 4 heteroatoms. The third kappa shape index (κ3) is 2.82. The number of halogens is 2. The Balaban J connectivity index is 2.28. The second-order valence-electron chi connectivity index (χ2n) is 4.92. The summed E-state index contributed by atoms with van der Waals surface area (Å²) in [7, 11) is 0. The van der Waals surface area contributed by atoms with E-state index in [0.29, 0.717) is 12.0 Å². The third-order valence-corrected chi connectivity index (χ3v) is 5.30. The lowest BCUT2D eigenvalue weighted by Crippen LogP contribution is -2.28. The van der Waals surface area contributed by atoms with Crippen LogP contribution in [-0.4, -0.2) is 12.7 Å². The zero-order chi connectivity index (χ0) is 13.3. The van der Waals surface area contributed by atoms with Crippen LogP contribution in [0, 0.1) is 12.8 Å². The van der Waals surface area contributed by atoms with Gasteiger partial charge in [-0.3, -0.25) is 0 Å². The summed E-state index contributed by atoms with van der Waals surface area (Å²) < 4.78 is 7.95. The molecule has 2 rings (SSSR count). The number of benzene rings is 1. The van der Waals surface area contributed by atoms with Gasteiger partial charge in [0, 0.05) is 27.5 Å². The number of rotatable bonds is 3. The van der Waals surface area contributed by atoms with Crippen LogP contribution in [-0.2, 0) is 4.74 Å². The van der Waals surface area contributed by atoms with E-state index in [1.54, 1.807) is 0 Å². The van der Waals surface area contributed by atoms with Crippen molar-refractivity contribution in [2.45, 2.75) is 38.8 Å². The van der Waals surface area contributed by atoms with Crippen LogP contribution in [0.1, 0.15) is 36.9 Å². The summed E-state index contributed by atoms with van der Waals surface area (Å²) in [5, 5.41) is 0. The molecule has 100 valence electrons. The van der Waals surface area contributed by atoms with Gasteiger partial charge in [-0.1, -0.05) is 38.8 Å². The molecular formula is C14H19Br2NO. The Hall–Kier alpha value is 0.1000. The largest absolute Gasteiger partial charge is 0.378 e. The number of hydrogen-bond acceptors (Lipinski definition) is 2. The topological polar surface area (TPSA) is 35.2 Å². The Labute approximate surface area is 126 Å². The second-order valence-corrected chi connectivity index (χ2v) is 6.63. The molecule has 3 unspecified atom stereocenters. The van der Waals surface area contributed by atoms with Crippen LogP contribution in [0.5, 0.6) is 0 Å². The smallest absolute Gasteiger partial charge is 0.0619 e. The molecule has 1 aromatic carbocycles. The molecule has 1 fully saturated rings. The Morgan fingerprint density at radius 3 is 2.78 bits per heavy atom. The molecule has 3 atom stereocenters. The summed E-state index contributed by atoms with van der Waals surface area (Å²) in [6.07, 6.45) is 2.38. The predicted molar refractivity (Wildman–Crippen MR) is 81.6 cm³/mol. The molecule has 2 nitrogen and oxygen atoms in total. The van der Waals surface area contributed by atoms with Gasteiger partial charge < -0.3 is 10.5 Å². The Morgan fingerprint density at radius 2 is 2.11 bits per heavy atom. The quantitative estimate of drug-likeness (QED) is 0.851. The highest BCUT2D eigenvalue weighted by atomic mass is 79.9. The summed E-state index contributed by atoms with van der Waals surface area (Å²) in [6.45, 7) is 5.08. The van der Waals surface area contributed by atoms with Crippen molar-refractivity contribution in [3.8, 4) is 0 Å². The van der Waals surface area contributed by atoms with Crippen molar-refractivity contribution in [3.63, 3.8) is 0 Å². The first-order valence-electron chi connectivity index (χ1n) is 6.37. The summed E-state index contributed by atoms with van der Waals surface area (Å²) in [4.78, 5) is 0. The van der Waals surface area contributed by atoms with Crippen LogP contribution >= 0.6 is 31.9 Å². The number of ether oxygens (including phenoxy) is 1. The Kier molecular flexibility index (Phi) is 4.86. The molecular weight excluding hydrogens is 358 g/mol. The fourth-order valence-electron chi connectivity index (χ4n) is 2.64. The van der Waals surface area contributed by atoms with Gasteiger partial charge in [0.25, 0.3) is 0 Å². The number of hydrogen-bond donors (Lipinski definition) is 1. The van der Waals surface area contributed by atoms with Gasteiger partial charge in [-0.15, -0.1) is 0 Å². The Bertz CT molecular complexity index is 436. The minimum Gasteiger partial charge on any atom is -0.378 e. The molecule has 0 saturated carbocycles. The first-order chi connectivity index (χ1) is 8.54. The predicted octanol–water partition coefficient (Wildman–Crippen LogP) is 4.33. The van der Waals surface area contributed by atoms with Crippen LogP contribution in [0.25, 0.3) is 0 Å². The molecule has 0 radical (unpaired) electrons. The number of aryl methyl sites for hydroxylation is 1. The van der Waals surface area contributed by atoms with Gasteiger partial charge in [0.2, 0.25) is 0 Å². The third-order valence-electron chi connectivity index (χ3n) is 3.76. The van der Waals surface area contributed by atoms with Gasteiger partial charge >= 0.3 is 0 Å². The maximum Gasteiger partial charge on any atom is 0.0619 e. The van der Waals surface area contributed by atoms with Crippen molar-refractivity contribution >= 4 is 31.9 Å². The van der Waals surface area contributed by atoms with Crippen LogP contribution in [0.4, 0.5) is 0 Å². The lowest BCUT2D eigenvalue weighted by Gasteiger charge is -2.25. The molecule has 0 aliphatic carbocycles. The first kappa shape index (κ1) is 14.5. The van der Waals surface area contributed by atoms with E-state index in [-0.39, 0.29) is 6.04 Å². The zero-order valence-corrected chi connectivity index (χ0v) is 13.9. The average molecular weight is 377 g/mol. The van der Waals surface area contributed by atoms with E-state index >= 15 is 0 Å². The molecule has 0 bridgehead atoms. The minimum atomic E-state index is 0.0312. The van der Waals surface area contributed by atoms with E-state index in [4.69, 9.17) is 10.5 Å². The van der Waals surface area contributed by atoms with E-state index in [1.807, 2.05) is 0 Å². The van der Waals surface area contributed by atoms with E-state index in [0.717, 1.165) is 28.4 Å². The minimum absolute atomic E-state index is 0.0312. The summed E-state index contributed by atoms with van der Waals surface area (Å²) in [5.74, 6) is 0.418. The standard InChI is InChI=1S/C14H19Br2NO/c1-3-13-9(4-5-18-13)14(17)10-7-11(15)8(2)6-12(10)16/h6-7,9,13-14H,3-5,17H2,1-2H3. The first-order valence-corrected chi connectivity index (χ1v) is 7.96. The van der Waals surface area contributed by atoms with Crippen molar-refractivity contribution in [1.82, 2.24) is 0 Å². The molecule has 1 saturated heterocycles. The van der Waals surface area contributed by atoms with Gasteiger partial charge in [0.15, 0.2) is 0 Å². The van der Waals surface area contributed by atoms with Gasteiger partial charge in [-0.2, -0.15) is 0 Å². The highest BCUT2D eigenvalue weighted by Gasteiger charge is 2.33. The number of nitrogens with two attached hydrogens (primary N) is 1. The molecule has 1 aliphatic heterocycles. The maximum absolute atomic E-state index is 6.46. The SMILES string of the molecule is CCC1OCCC1C(N)c1cc(Br)c(C)cc1Br. The van der Waals surface area contributed by atoms with Crippen LogP contribution < -0.4 is 5.73 Å². The van der Waals surface area contributed by atoms with Crippen molar-refractivity contribution in [1.29, 1.82) is 0 Å². The summed E-state index contributed by atoms with van der Waals surface area (Å²) in [5.41, 5.74) is 8.84. The molecule has 1 heterocycles. The Morgan fingerprint density at radius 1 is 1.39 bits per heavy atom. The van der Waals surface area contributed by atoms with Crippen molar-refractivity contribution in [2.75, 3.05) is 6.61 Å². The van der Waals surface area contributed by atoms with Crippen molar-refractivity contribution in [2.24, 2.45) is 11.7 Å². The van der Waals surface area contributed by atoms with Gasteiger partial charge in [0.1, 0.15) is 0 Å². The lowest BCUT2D eigenvalue weighted by atomic mass is 9.87. The fraction of sp³-hybridized carbons (Fsp3) is 0.571. The molecule has 18 heavy (non-hydrogen) atoms. The van der Waals surface area contributed by atoms with E-state index in [1.165, 1.54) is 11.1 Å². The second kappa shape index (κ2) is 6.04. The summed E-state index contributed by atoms with van der Waals surface area (Å²) >= 11 is 7.21. The van der Waals surface area contributed by atoms with Crippen LogP contribution in [0.2, 0.25) is 0 Å². The normalized spacial score (nSPS) is 25.4. The van der Waals surface area contributed by atoms with Crippen LogP contribution in [0.3, 0.4) is 0 Å². The van der Waals surface area contributed by atoms with E-state index < -0.39 is 0 Å². The van der Waals surface area contributed by atoms with Gasteiger partial charge in [0.05, 0.1) is 6.10 Å². The average Bonchev–Trinajstić information content (AvgIpc) is 2.81. The van der Waals surface area contributed by atoms with Crippen molar-refractivity contribution < 1.29 is 4.74 Å².